The molecule has 4 aliphatic carbocycles. The van der Waals surface area contributed by atoms with E-state index in [2.05, 4.69) is 12.2 Å². The van der Waals surface area contributed by atoms with Crippen LogP contribution in [0, 0.1) is 33.8 Å². The molecule has 1 aromatic rings. The van der Waals surface area contributed by atoms with Crippen LogP contribution in [0.25, 0.3) is 0 Å². The molecule has 0 bridgehead atoms. The number of ether oxygens (including phenoxy) is 1. The van der Waals surface area contributed by atoms with E-state index in [0.29, 0.717) is 32.1 Å². The number of carbonyl (C=O) groups is 6. The van der Waals surface area contributed by atoms with Crippen LogP contribution in [0.15, 0.2) is 35.9 Å². The highest BCUT2D eigenvalue weighted by Crippen LogP contribution is 2.66. The van der Waals surface area contributed by atoms with Crippen LogP contribution >= 0.6 is 0 Å². The van der Waals surface area contributed by atoms with Gasteiger partial charge in [-0.3, -0.25) is 24.0 Å². The van der Waals surface area contributed by atoms with Gasteiger partial charge < -0.3 is 30.6 Å². The molecule has 9 atom stereocenters. The van der Waals surface area contributed by atoms with Gasteiger partial charge >= 0.3 is 11.9 Å². The van der Waals surface area contributed by atoms with Crippen molar-refractivity contribution in [3.05, 3.63) is 46.7 Å². The summed E-state index contributed by atoms with van der Waals surface area (Å²) < 4.78 is 5.12. The highest BCUT2D eigenvalue weighted by Gasteiger charge is 2.68. The summed E-state index contributed by atoms with van der Waals surface area (Å²) in [6, 6.07) is 3.10. The molecule has 14 heteroatoms. The first-order chi connectivity index (χ1) is 22.5. The highest BCUT2D eigenvalue weighted by atomic mass is 16.8. The van der Waals surface area contributed by atoms with Crippen molar-refractivity contribution in [2.45, 2.75) is 89.4 Å². The summed E-state index contributed by atoms with van der Waals surface area (Å²) in [5.74, 6) is -4.61. The fourth-order valence-electron chi connectivity index (χ4n) is 8.97. The van der Waals surface area contributed by atoms with E-state index in [0.717, 1.165) is 11.6 Å². The molecule has 0 spiro atoms. The van der Waals surface area contributed by atoms with E-state index in [9.17, 15) is 49.3 Å². The first-order valence-electron chi connectivity index (χ1n) is 16.2. The third kappa shape index (κ3) is 6.23. The zero-order chi connectivity index (χ0) is 35.2. The molecule has 1 amide bonds. The summed E-state index contributed by atoms with van der Waals surface area (Å²) in [4.78, 5) is 76.1. The topological polar surface area (TPSA) is 232 Å². The Morgan fingerprint density at radius 1 is 1.10 bits per heavy atom. The van der Waals surface area contributed by atoms with Crippen molar-refractivity contribution < 1.29 is 59.3 Å². The van der Waals surface area contributed by atoms with Crippen molar-refractivity contribution in [3.63, 3.8) is 0 Å². The van der Waals surface area contributed by atoms with Gasteiger partial charge in [0, 0.05) is 42.7 Å². The number of benzene rings is 1. The molecule has 260 valence electrons. The summed E-state index contributed by atoms with van der Waals surface area (Å²) in [7, 11) is 0. The minimum atomic E-state index is -1.90. The number of carbonyl (C=O) groups excluding carboxylic acids is 5. The Bertz CT molecular complexity index is 1560. The lowest BCUT2D eigenvalue weighted by atomic mass is 9.46. The number of aliphatic hydroxyl groups is 2. The number of carboxylic acids is 1. The van der Waals surface area contributed by atoms with E-state index in [1.807, 2.05) is 0 Å². The van der Waals surface area contributed by atoms with Crippen LogP contribution in [0.1, 0.15) is 83.3 Å². The van der Waals surface area contributed by atoms with Crippen molar-refractivity contribution >= 4 is 40.9 Å². The third-order valence-corrected chi connectivity index (χ3v) is 11.6. The van der Waals surface area contributed by atoms with Gasteiger partial charge in [0.25, 0.3) is 0 Å². The van der Waals surface area contributed by atoms with E-state index in [1.165, 1.54) is 18.2 Å². The van der Waals surface area contributed by atoms with E-state index < -0.39 is 76.9 Å². The number of aliphatic hydroxyl groups excluding tert-OH is 1. The summed E-state index contributed by atoms with van der Waals surface area (Å²) in [5.41, 5.74) is -2.62. The SMILES string of the molecule is C[C@]12CCC(=O)C=C1CC[C@@H]1[C@H]2C(=O)C[C@]2(C)[C@@H]1CC[C@]2(O)C(=O)COC(=O)CCC(=O)N[C@H](C(=O)O)[C@H](O)c1cccc([NH+]([O-])O)c1. The van der Waals surface area contributed by atoms with E-state index >= 15 is 0 Å². The number of amides is 1. The average Bonchev–Trinajstić information content (AvgIpc) is 3.31. The van der Waals surface area contributed by atoms with Gasteiger partial charge in [0.15, 0.2) is 24.1 Å². The van der Waals surface area contributed by atoms with E-state index in [4.69, 9.17) is 9.94 Å². The Kier molecular flexibility index (Phi) is 9.79. The molecule has 6 N–H and O–H groups in total. The lowest BCUT2D eigenvalue weighted by Crippen LogP contribution is -2.99. The van der Waals surface area contributed by atoms with E-state index in [1.54, 1.807) is 13.0 Å². The lowest BCUT2D eigenvalue weighted by Gasteiger charge is -2.57. The van der Waals surface area contributed by atoms with Crippen LogP contribution in [0.2, 0.25) is 0 Å². The van der Waals surface area contributed by atoms with Crippen LogP contribution in [0.5, 0.6) is 0 Å². The molecule has 0 aromatic heterocycles. The maximum absolute atomic E-state index is 13.8. The van der Waals surface area contributed by atoms with Crippen molar-refractivity contribution in [1.29, 1.82) is 0 Å². The van der Waals surface area contributed by atoms with Gasteiger partial charge in [-0.2, -0.15) is 5.23 Å². The van der Waals surface area contributed by atoms with Crippen LogP contribution in [-0.2, 0) is 33.5 Å². The number of allylic oxidation sites excluding steroid dienone is 1. The molecule has 0 radical (unpaired) electrons. The zero-order valence-electron chi connectivity index (χ0n) is 26.9. The molecule has 4 aliphatic rings. The first kappa shape index (κ1) is 35.5. The van der Waals surface area contributed by atoms with Gasteiger partial charge in [0.2, 0.25) is 11.7 Å². The number of quaternary nitrogens is 1. The molecule has 3 fully saturated rings. The number of ketones is 3. The standard InChI is InChI=1S/C34H42N2O12/c1-32-12-10-21(37)15-19(32)6-7-22-23-11-13-34(45,33(23,2)16-24(38)28(22)32)25(39)17-48-27(41)9-8-26(40)35-29(31(43)44)30(42)18-4-3-5-20(14-18)36(46)47/h3-5,14-15,22-23,28-30,36,42,45-46H,6-13,16-17H2,1-2H3,(H,35,40)(H,43,44)/t22-,23+,28-,29-,30+,32-,33+,34-/m0/s1. The molecule has 1 aromatic carbocycles. The summed E-state index contributed by atoms with van der Waals surface area (Å²) in [5, 5.41) is 53.1. The van der Waals surface area contributed by atoms with Gasteiger partial charge in [0.05, 0.1) is 6.42 Å². The minimum Gasteiger partial charge on any atom is -0.595 e. The Morgan fingerprint density at radius 2 is 1.83 bits per heavy atom. The number of hydrogen-bond acceptors (Lipinski definition) is 11. The van der Waals surface area contributed by atoms with E-state index in [-0.39, 0.29) is 53.4 Å². The molecule has 5 rings (SSSR count). The Labute approximate surface area is 276 Å². The maximum Gasteiger partial charge on any atom is 0.329 e. The highest BCUT2D eigenvalue weighted by molar-refractivity contribution is 5.95. The Morgan fingerprint density at radius 3 is 2.52 bits per heavy atom. The third-order valence-electron chi connectivity index (χ3n) is 11.6. The number of esters is 1. The molecule has 0 aliphatic heterocycles. The lowest BCUT2D eigenvalue weighted by molar-refractivity contribution is -0.991. The van der Waals surface area contributed by atoms with Gasteiger partial charge in [0.1, 0.15) is 17.5 Å². The smallest absolute Gasteiger partial charge is 0.329 e. The average molecular weight is 671 g/mol. The predicted molar refractivity (Wildman–Crippen MR) is 164 cm³/mol. The number of aliphatic carboxylic acids is 1. The predicted octanol–water partition coefficient (Wildman–Crippen LogP) is 1.03. The molecule has 3 saturated carbocycles. The Balaban J connectivity index is 1.16. The Hall–Kier alpha value is -3.82. The number of hydrogen-bond donors (Lipinski definition) is 6. The van der Waals surface area contributed by atoms with Crippen molar-refractivity contribution in [3.8, 4) is 0 Å². The fraction of sp³-hybridized carbons (Fsp3) is 0.588. The maximum atomic E-state index is 13.8. The molecule has 48 heavy (non-hydrogen) atoms. The summed E-state index contributed by atoms with van der Waals surface area (Å²) >= 11 is 0. The first-order valence-corrected chi connectivity index (χ1v) is 16.2. The number of Topliss-reactive ketones (excluding diaryl/α,β-unsaturated/α-hetero) is 2. The number of carboxylic acid groups (broad SMARTS) is 1. The molecular weight excluding hydrogens is 628 g/mol. The van der Waals surface area contributed by atoms with Crippen molar-refractivity contribution in [2.75, 3.05) is 6.61 Å². The van der Waals surface area contributed by atoms with Crippen LogP contribution in [0.4, 0.5) is 5.69 Å². The van der Waals surface area contributed by atoms with Gasteiger partial charge in [-0.15, -0.1) is 0 Å². The summed E-state index contributed by atoms with van der Waals surface area (Å²) in [6.07, 6.45) is 1.80. The molecule has 14 nitrogen and oxygen atoms in total. The van der Waals surface area contributed by atoms with Crippen LogP contribution < -0.4 is 10.5 Å². The van der Waals surface area contributed by atoms with Gasteiger partial charge in [-0.1, -0.05) is 31.6 Å². The fourth-order valence-corrected chi connectivity index (χ4v) is 8.97. The van der Waals surface area contributed by atoms with Gasteiger partial charge in [-0.25, -0.2) is 10.0 Å². The minimum absolute atomic E-state index is 0.0107. The van der Waals surface area contributed by atoms with Gasteiger partial charge in [-0.05, 0) is 61.0 Å². The second-order valence-electron chi connectivity index (χ2n) is 14.1. The molecule has 0 heterocycles. The monoisotopic (exact) mass is 670 g/mol. The molecule has 1 unspecified atom stereocenters. The second kappa shape index (κ2) is 13.2. The zero-order valence-corrected chi connectivity index (χ0v) is 26.9. The summed E-state index contributed by atoms with van der Waals surface area (Å²) in [6.45, 7) is 3.04. The largest absolute Gasteiger partial charge is 0.595 e. The second-order valence-corrected chi connectivity index (χ2v) is 14.1. The van der Waals surface area contributed by atoms with Crippen LogP contribution in [-0.4, -0.2) is 74.0 Å². The number of nitrogens with one attached hydrogen (secondary N) is 2. The number of rotatable bonds is 11. The van der Waals surface area contributed by atoms with Crippen molar-refractivity contribution in [1.82, 2.24) is 5.32 Å². The number of fused-ring (bicyclic) bond motifs is 5. The molecular formula is C34H42N2O12. The quantitative estimate of drug-likeness (QED) is 0.143. The normalized spacial score (nSPS) is 32.9. The van der Waals surface area contributed by atoms with Crippen LogP contribution in [0.3, 0.4) is 0 Å². The molecule has 0 saturated heterocycles. The van der Waals surface area contributed by atoms with Crippen molar-refractivity contribution in [2.24, 2.45) is 28.6 Å².